The summed E-state index contributed by atoms with van der Waals surface area (Å²) < 4.78 is 1.17. The zero-order valence-corrected chi connectivity index (χ0v) is 16.1. The molecule has 4 nitrogen and oxygen atoms in total. The fourth-order valence-corrected chi connectivity index (χ4v) is 3.67. The van der Waals surface area contributed by atoms with Crippen molar-refractivity contribution >= 4 is 38.9 Å². The third kappa shape index (κ3) is 4.10. The largest absolute Gasteiger partial charge is 0.437 e. The van der Waals surface area contributed by atoms with Crippen LogP contribution in [0.4, 0.5) is 10.5 Å². The monoisotopic (exact) mass is 386 g/mol. The summed E-state index contributed by atoms with van der Waals surface area (Å²) >= 11 is 1.66. The molecule has 0 saturated heterocycles. The number of nitrogens with zero attached hydrogens (tertiary/aromatic N) is 1. The van der Waals surface area contributed by atoms with E-state index in [9.17, 15) is 4.79 Å². The molecule has 5 heteroatoms. The van der Waals surface area contributed by atoms with Crippen molar-refractivity contribution in [3.05, 3.63) is 89.8 Å². The van der Waals surface area contributed by atoms with Crippen LogP contribution in [0.3, 0.4) is 0 Å². The van der Waals surface area contributed by atoms with Crippen molar-refractivity contribution in [1.82, 2.24) is 0 Å². The molecular weight excluding hydrogens is 368 g/mol. The predicted molar refractivity (Wildman–Crippen MR) is 116 cm³/mol. The standard InChI is InChI=1S/C23H18N2O2S/c1-16(18-8-5-9-19(14-18)17-6-3-2-4-7-17)25-27-23(26)24-21-10-11-22-20(15-21)12-13-28-22/h2-15H,1H3,(H,24,26)/b25-16+. The van der Waals surface area contributed by atoms with E-state index in [-0.39, 0.29) is 0 Å². The smallest absolute Gasteiger partial charge is 0.298 e. The fourth-order valence-electron chi connectivity index (χ4n) is 2.90. The second-order valence-corrected chi connectivity index (χ2v) is 7.25. The minimum Gasteiger partial charge on any atom is -0.298 e. The van der Waals surface area contributed by atoms with Gasteiger partial charge in [0, 0.05) is 10.4 Å². The van der Waals surface area contributed by atoms with Gasteiger partial charge in [0.05, 0.1) is 5.71 Å². The molecule has 0 aliphatic carbocycles. The Morgan fingerprint density at radius 3 is 2.61 bits per heavy atom. The van der Waals surface area contributed by atoms with Crippen LogP contribution in [0.25, 0.3) is 21.2 Å². The van der Waals surface area contributed by atoms with Gasteiger partial charge in [-0.15, -0.1) is 11.3 Å². The minimum absolute atomic E-state index is 0.617. The van der Waals surface area contributed by atoms with E-state index in [4.69, 9.17) is 4.84 Å². The van der Waals surface area contributed by atoms with Crippen molar-refractivity contribution in [2.45, 2.75) is 6.92 Å². The number of carbonyl (C=O) groups is 1. The Labute approximate surface area is 167 Å². The van der Waals surface area contributed by atoms with Gasteiger partial charge in [0.15, 0.2) is 0 Å². The molecule has 0 aliphatic heterocycles. The normalized spacial score (nSPS) is 11.4. The van der Waals surface area contributed by atoms with E-state index in [0.717, 1.165) is 22.1 Å². The Morgan fingerprint density at radius 1 is 0.929 bits per heavy atom. The number of fused-ring (bicyclic) bond motifs is 1. The number of anilines is 1. The molecule has 0 spiro atoms. The van der Waals surface area contributed by atoms with Crippen LogP contribution in [0, 0.1) is 0 Å². The fraction of sp³-hybridized carbons (Fsp3) is 0.0435. The summed E-state index contributed by atoms with van der Waals surface area (Å²) in [6, 6.07) is 25.8. The molecule has 0 bridgehead atoms. The molecule has 0 saturated carbocycles. The first kappa shape index (κ1) is 17.9. The molecule has 0 fully saturated rings. The Morgan fingerprint density at radius 2 is 1.75 bits per heavy atom. The molecule has 1 aromatic heterocycles. The second kappa shape index (κ2) is 8.06. The van der Waals surface area contributed by atoms with Gasteiger partial charge in [-0.2, -0.15) is 0 Å². The van der Waals surface area contributed by atoms with Gasteiger partial charge < -0.3 is 0 Å². The molecule has 0 radical (unpaired) electrons. The van der Waals surface area contributed by atoms with E-state index in [1.165, 1.54) is 4.70 Å². The summed E-state index contributed by atoms with van der Waals surface area (Å²) in [6.07, 6.45) is -0.617. The Kier molecular flexibility index (Phi) is 5.17. The van der Waals surface area contributed by atoms with Crippen molar-refractivity contribution in [2.24, 2.45) is 5.16 Å². The van der Waals surface area contributed by atoms with Crippen LogP contribution in [0.1, 0.15) is 12.5 Å². The topological polar surface area (TPSA) is 50.7 Å². The second-order valence-electron chi connectivity index (χ2n) is 6.30. The molecule has 0 unspecified atom stereocenters. The van der Waals surface area contributed by atoms with Gasteiger partial charge in [0.25, 0.3) is 0 Å². The number of thiophene rings is 1. The van der Waals surface area contributed by atoms with Gasteiger partial charge in [-0.05, 0) is 64.7 Å². The molecule has 138 valence electrons. The Bertz CT molecular complexity index is 1150. The van der Waals surface area contributed by atoms with Crippen molar-refractivity contribution in [2.75, 3.05) is 5.32 Å². The maximum Gasteiger partial charge on any atom is 0.437 e. The van der Waals surface area contributed by atoms with E-state index in [1.54, 1.807) is 11.3 Å². The van der Waals surface area contributed by atoms with E-state index in [2.05, 4.69) is 22.6 Å². The van der Waals surface area contributed by atoms with Crippen LogP contribution < -0.4 is 5.32 Å². The van der Waals surface area contributed by atoms with Crippen molar-refractivity contribution < 1.29 is 9.63 Å². The number of hydrogen-bond acceptors (Lipinski definition) is 4. The van der Waals surface area contributed by atoms with Crippen molar-refractivity contribution in [1.29, 1.82) is 0 Å². The predicted octanol–water partition coefficient (Wildman–Crippen LogP) is 6.54. The number of benzene rings is 3. The van der Waals surface area contributed by atoms with Gasteiger partial charge in [-0.1, -0.05) is 53.7 Å². The van der Waals surface area contributed by atoms with Gasteiger partial charge in [-0.3, -0.25) is 10.2 Å². The lowest BCUT2D eigenvalue weighted by Gasteiger charge is -2.06. The van der Waals surface area contributed by atoms with Gasteiger partial charge in [-0.25, -0.2) is 4.79 Å². The number of hydrogen-bond donors (Lipinski definition) is 1. The maximum absolute atomic E-state index is 12.1. The van der Waals surface area contributed by atoms with Gasteiger partial charge >= 0.3 is 6.09 Å². The lowest BCUT2D eigenvalue weighted by Crippen LogP contribution is -2.11. The first-order chi connectivity index (χ1) is 13.7. The Hall–Kier alpha value is -3.44. The van der Waals surface area contributed by atoms with Crippen molar-refractivity contribution in [3.8, 4) is 11.1 Å². The van der Waals surface area contributed by atoms with Crippen LogP contribution in [-0.2, 0) is 4.84 Å². The molecule has 4 rings (SSSR count). The van der Waals surface area contributed by atoms with Crippen LogP contribution in [0.5, 0.6) is 0 Å². The SMILES string of the molecule is C/C(=N\OC(=O)Nc1ccc2sccc2c1)c1cccc(-c2ccccc2)c1. The number of rotatable bonds is 4. The quantitative estimate of drug-likeness (QED) is 0.246. The summed E-state index contributed by atoms with van der Waals surface area (Å²) in [5.74, 6) is 0. The Balaban J connectivity index is 1.44. The molecule has 28 heavy (non-hydrogen) atoms. The van der Waals surface area contributed by atoms with Gasteiger partial charge in [0.2, 0.25) is 0 Å². The van der Waals surface area contributed by atoms with Crippen LogP contribution >= 0.6 is 11.3 Å². The lowest BCUT2D eigenvalue weighted by atomic mass is 10.0. The number of amides is 1. The average molecular weight is 386 g/mol. The number of nitrogens with one attached hydrogen (secondary N) is 1. The zero-order chi connectivity index (χ0) is 19.3. The summed E-state index contributed by atoms with van der Waals surface area (Å²) in [4.78, 5) is 17.1. The first-order valence-corrected chi connectivity index (χ1v) is 9.73. The van der Waals surface area contributed by atoms with E-state index >= 15 is 0 Å². The lowest BCUT2D eigenvalue weighted by molar-refractivity contribution is 0.166. The highest BCUT2D eigenvalue weighted by Crippen LogP contribution is 2.24. The molecule has 1 amide bonds. The molecule has 1 heterocycles. The molecule has 3 aromatic carbocycles. The number of oxime groups is 1. The number of carbonyl (C=O) groups excluding carboxylic acids is 1. The third-order valence-corrected chi connectivity index (χ3v) is 5.25. The summed E-state index contributed by atoms with van der Waals surface area (Å²) in [5.41, 5.74) is 4.41. The summed E-state index contributed by atoms with van der Waals surface area (Å²) in [7, 11) is 0. The van der Waals surface area contributed by atoms with Crippen LogP contribution in [-0.4, -0.2) is 11.8 Å². The highest BCUT2D eigenvalue weighted by molar-refractivity contribution is 7.17. The average Bonchev–Trinajstić information content (AvgIpc) is 3.20. The highest BCUT2D eigenvalue weighted by atomic mass is 32.1. The summed E-state index contributed by atoms with van der Waals surface area (Å²) in [6.45, 7) is 1.81. The zero-order valence-electron chi connectivity index (χ0n) is 15.3. The van der Waals surface area contributed by atoms with Gasteiger partial charge in [0.1, 0.15) is 0 Å². The molecule has 4 aromatic rings. The summed E-state index contributed by atoms with van der Waals surface area (Å²) in [5, 5.41) is 9.79. The van der Waals surface area contributed by atoms with E-state index in [0.29, 0.717) is 11.4 Å². The van der Waals surface area contributed by atoms with Crippen LogP contribution in [0.2, 0.25) is 0 Å². The maximum atomic E-state index is 12.1. The molecular formula is C23H18N2O2S. The van der Waals surface area contributed by atoms with E-state index in [1.807, 2.05) is 79.0 Å². The third-order valence-electron chi connectivity index (χ3n) is 4.35. The molecule has 1 N–H and O–H groups in total. The molecule has 0 aliphatic rings. The van der Waals surface area contributed by atoms with E-state index < -0.39 is 6.09 Å². The minimum atomic E-state index is -0.617. The molecule has 0 atom stereocenters. The first-order valence-electron chi connectivity index (χ1n) is 8.85. The highest BCUT2D eigenvalue weighted by Gasteiger charge is 2.06. The van der Waals surface area contributed by atoms with Crippen molar-refractivity contribution in [3.63, 3.8) is 0 Å². The van der Waals surface area contributed by atoms with Crippen LogP contribution in [0.15, 0.2) is 89.4 Å².